The average molecular weight is 366 g/mol. The molecule has 1 aromatic carbocycles. The van der Waals surface area contributed by atoms with Gasteiger partial charge in [0.25, 0.3) is 0 Å². The molecular formula is C18H20ClNO5. The molecule has 7 heteroatoms. The lowest BCUT2D eigenvalue weighted by atomic mass is 9.80. The third-order valence-electron chi connectivity index (χ3n) is 4.03. The van der Waals surface area contributed by atoms with Crippen LogP contribution in [0.2, 0.25) is 5.02 Å². The Labute approximate surface area is 151 Å². The number of aliphatic carboxylic acids is 1. The maximum atomic E-state index is 12.7. The number of esters is 1. The highest BCUT2D eigenvalue weighted by atomic mass is 35.5. The fourth-order valence-corrected chi connectivity index (χ4v) is 3.08. The van der Waals surface area contributed by atoms with Crippen LogP contribution in [-0.2, 0) is 19.1 Å². The predicted octanol–water partition coefficient (Wildman–Crippen LogP) is 3.20. The van der Waals surface area contributed by atoms with E-state index >= 15 is 0 Å². The van der Waals surface area contributed by atoms with Gasteiger partial charge in [-0.15, -0.1) is 0 Å². The minimum atomic E-state index is -1.13. The number of methoxy groups -OCH3 is 1. The first kappa shape index (κ1) is 19.0. The third-order valence-corrected chi connectivity index (χ3v) is 4.38. The van der Waals surface area contributed by atoms with E-state index in [-0.39, 0.29) is 11.1 Å². The van der Waals surface area contributed by atoms with E-state index in [2.05, 4.69) is 5.32 Å². The SMILES string of the molecule is COC(C)OC(=O)C1=C(C)NC(C)=C(C(=O)O)C1c1ccccc1Cl. The zero-order valence-corrected chi connectivity index (χ0v) is 15.2. The second-order valence-electron chi connectivity index (χ2n) is 5.67. The summed E-state index contributed by atoms with van der Waals surface area (Å²) in [6.07, 6.45) is -0.764. The van der Waals surface area contributed by atoms with Gasteiger partial charge in [0.2, 0.25) is 0 Å². The molecule has 0 saturated heterocycles. The minimum Gasteiger partial charge on any atom is -0.478 e. The van der Waals surface area contributed by atoms with Crippen molar-refractivity contribution in [1.29, 1.82) is 0 Å². The summed E-state index contributed by atoms with van der Waals surface area (Å²) in [5.74, 6) is -2.63. The van der Waals surface area contributed by atoms with Gasteiger partial charge in [-0.3, -0.25) is 0 Å². The lowest BCUT2D eigenvalue weighted by molar-refractivity contribution is -0.165. The number of hydrogen-bond acceptors (Lipinski definition) is 5. The molecule has 0 bridgehead atoms. The maximum absolute atomic E-state index is 12.7. The molecule has 0 spiro atoms. The molecule has 1 aromatic rings. The summed E-state index contributed by atoms with van der Waals surface area (Å²) in [4.78, 5) is 24.6. The van der Waals surface area contributed by atoms with E-state index in [1.165, 1.54) is 7.11 Å². The summed E-state index contributed by atoms with van der Waals surface area (Å²) >= 11 is 6.29. The van der Waals surface area contributed by atoms with Gasteiger partial charge in [-0.05, 0) is 32.4 Å². The number of hydrogen-bond donors (Lipinski definition) is 2. The van der Waals surface area contributed by atoms with Crippen molar-refractivity contribution in [3.63, 3.8) is 0 Å². The van der Waals surface area contributed by atoms with Gasteiger partial charge < -0.3 is 19.9 Å². The molecule has 2 rings (SSSR count). The Balaban J connectivity index is 2.62. The molecule has 2 unspecified atom stereocenters. The van der Waals surface area contributed by atoms with Crippen molar-refractivity contribution in [2.45, 2.75) is 33.0 Å². The smallest absolute Gasteiger partial charge is 0.339 e. The number of ether oxygens (including phenoxy) is 2. The number of carbonyl (C=O) groups excluding carboxylic acids is 1. The summed E-state index contributed by atoms with van der Waals surface area (Å²) in [6, 6.07) is 6.85. The molecule has 1 heterocycles. The van der Waals surface area contributed by atoms with Crippen molar-refractivity contribution < 1.29 is 24.2 Å². The highest BCUT2D eigenvalue weighted by Crippen LogP contribution is 2.41. The van der Waals surface area contributed by atoms with Gasteiger partial charge in [-0.2, -0.15) is 0 Å². The van der Waals surface area contributed by atoms with E-state index in [4.69, 9.17) is 21.1 Å². The van der Waals surface area contributed by atoms with Crippen LogP contribution in [0.4, 0.5) is 0 Å². The summed E-state index contributed by atoms with van der Waals surface area (Å²) in [5.41, 5.74) is 1.74. The van der Waals surface area contributed by atoms with Gasteiger partial charge in [-0.1, -0.05) is 29.8 Å². The Hall–Kier alpha value is -2.31. The van der Waals surface area contributed by atoms with Crippen LogP contribution in [0.1, 0.15) is 32.3 Å². The van der Waals surface area contributed by atoms with Crippen LogP contribution >= 0.6 is 11.6 Å². The zero-order valence-electron chi connectivity index (χ0n) is 14.4. The van der Waals surface area contributed by atoms with Gasteiger partial charge in [0.05, 0.1) is 17.1 Å². The quantitative estimate of drug-likeness (QED) is 0.615. The summed E-state index contributed by atoms with van der Waals surface area (Å²) in [6.45, 7) is 4.92. The summed E-state index contributed by atoms with van der Waals surface area (Å²) in [7, 11) is 1.41. The Morgan fingerprint density at radius 1 is 1.20 bits per heavy atom. The largest absolute Gasteiger partial charge is 0.478 e. The normalized spacial score (nSPS) is 18.7. The zero-order chi connectivity index (χ0) is 18.7. The number of carbonyl (C=O) groups is 2. The highest BCUT2D eigenvalue weighted by molar-refractivity contribution is 6.31. The van der Waals surface area contributed by atoms with Crippen molar-refractivity contribution in [2.24, 2.45) is 0 Å². The molecule has 0 amide bonds. The molecule has 25 heavy (non-hydrogen) atoms. The molecular weight excluding hydrogens is 346 g/mol. The van der Waals surface area contributed by atoms with Crippen LogP contribution in [0.3, 0.4) is 0 Å². The number of carboxylic acid groups (broad SMARTS) is 1. The molecule has 0 saturated carbocycles. The predicted molar refractivity (Wildman–Crippen MR) is 92.9 cm³/mol. The number of rotatable bonds is 5. The maximum Gasteiger partial charge on any atom is 0.339 e. The van der Waals surface area contributed by atoms with Crippen LogP contribution in [0.25, 0.3) is 0 Å². The van der Waals surface area contributed by atoms with Crippen LogP contribution in [0.5, 0.6) is 0 Å². The van der Waals surface area contributed by atoms with E-state index in [1.807, 2.05) is 0 Å². The Morgan fingerprint density at radius 2 is 1.80 bits per heavy atom. The van der Waals surface area contributed by atoms with Crippen molar-refractivity contribution in [3.05, 3.63) is 57.4 Å². The average Bonchev–Trinajstić information content (AvgIpc) is 2.53. The molecule has 134 valence electrons. The topological polar surface area (TPSA) is 84.9 Å². The van der Waals surface area contributed by atoms with E-state index in [0.29, 0.717) is 22.0 Å². The van der Waals surface area contributed by atoms with E-state index in [9.17, 15) is 14.7 Å². The molecule has 0 aromatic heterocycles. The standard InChI is InChI=1S/C18H20ClNO5/c1-9-14(17(21)22)16(12-7-5-6-8-13(12)19)15(10(2)20-9)18(23)25-11(3)24-4/h5-8,11,16,20H,1-4H3,(H,21,22). The minimum absolute atomic E-state index is 0.0516. The Kier molecular flexibility index (Phi) is 5.87. The number of dihydropyridines is 1. The highest BCUT2D eigenvalue weighted by Gasteiger charge is 2.38. The van der Waals surface area contributed by atoms with E-state index in [0.717, 1.165) is 0 Å². The van der Waals surface area contributed by atoms with Gasteiger partial charge in [-0.25, -0.2) is 9.59 Å². The van der Waals surface area contributed by atoms with Crippen molar-refractivity contribution >= 4 is 23.5 Å². The first-order valence-electron chi connectivity index (χ1n) is 7.68. The van der Waals surface area contributed by atoms with E-state index in [1.54, 1.807) is 45.0 Å². The van der Waals surface area contributed by atoms with Gasteiger partial charge in [0.1, 0.15) is 0 Å². The fourth-order valence-electron chi connectivity index (χ4n) is 2.83. The number of nitrogens with one attached hydrogen (secondary N) is 1. The number of benzene rings is 1. The second-order valence-corrected chi connectivity index (χ2v) is 6.08. The molecule has 1 aliphatic rings. The van der Waals surface area contributed by atoms with Gasteiger partial charge in [0.15, 0.2) is 6.29 Å². The van der Waals surface area contributed by atoms with Gasteiger partial charge >= 0.3 is 11.9 Å². The van der Waals surface area contributed by atoms with Crippen LogP contribution in [-0.4, -0.2) is 30.4 Å². The second kappa shape index (κ2) is 7.72. The lowest BCUT2D eigenvalue weighted by Crippen LogP contribution is -2.33. The van der Waals surface area contributed by atoms with Crippen molar-refractivity contribution in [3.8, 4) is 0 Å². The molecule has 6 nitrogen and oxygen atoms in total. The number of halogens is 1. The number of allylic oxidation sites excluding steroid dienone is 2. The molecule has 2 atom stereocenters. The summed E-state index contributed by atoms with van der Waals surface area (Å²) in [5, 5.41) is 13.0. The molecule has 0 aliphatic carbocycles. The molecule has 0 radical (unpaired) electrons. The monoisotopic (exact) mass is 365 g/mol. The fraction of sp³-hybridized carbons (Fsp3) is 0.333. The van der Waals surface area contributed by atoms with Crippen molar-refractivity contribution in [1.82, 2.24) is 5.32 Å². The van der Waals surface area contributed by atoms with Crippen molar-refractivity contribution in [2.75, 3.05) is 7.11 Å². The Bertz CT molecular complexity index is 768. The third kappa shape index (κ3) is 3.86. The first-order valence-corrected chi connectivity index (χ1v) is 8.05. The lowest BCUT2D eigenvalue weighted by Gasteiger charge is -2.30. The summed E-state index contributed by atoms with van der Waals surface area (Å²) < 4.78 is 10.2. The first-order chi connectivity index (χ1) is 11.8. The molecule has 2 N–H and O–H groups in total. The van der Waals surface area contributed by atoms with Crippen LogP contribution in [0, 0.1) is 0 Å². The number of carboxylic acids is 1. The van der Waals surface area contributed by atoms with Crippen LogP contribution in [0.15, 0.2) is 46.8 Å². The van der Waals surface area contributed by atoms with Crippen LogP contribution < -0.4 is 5.32 Å². The van der Waals surface area contributed by atoms with Gasteiger partial charge in [0, 0.05) is 23.5 Å². The van der Waals surface area contributed by atoms with E-state index < -0.39 is 24.1 Å². The Morgan fingerprint density at radius 3 is 2.36 bits per heavy atom. The molecule has 0 fully saturated rings. The molecule has 1 aliphatic heterocycles.